The Kier molecular flexibility index (Phi) is 8.92. The lowest BCUT2D eigenvalue weighted by molar-refractivity contribution is -0.127. The highest BCUT2D eigenvalue weighted by atomic mass is 32.1. The van der Waals surface area contributed by atoms with Crippen LogP contribution < -0.4 is 15.5 Å². The van der Waals surface area contributed by atoms with Gasteiger partial charge in [-0.2, -0.15) is 0 Å². The van der Waals surface area contributed by atoms with Gasteiger partial charge in [-0.25, -0.2) is 9.98 Å². The number of amides is 1. The van der Waals surface area contributed by atoms with Crippen LogP contribution in [0.2, 0.25) is 0 Å². The van der Waals surface area contributed by atoms with Gasteiger partial charge >= 0.3 is 0 Å². The number of aromatic nitrogens is 1. The van der Waals surface area contributed by atoms with Crippen molar-refractivity contribution in [2.24, 2.45) is 4.99 Å². The van der Waals surface area contributed by atoms with E-state index >= 15 is 0 Å². The average molecular weight is 417 g/mol. The van der Waals surface area contributed by atoms with Crippen molar-refractivity contribution in [3.63, 3.8) is 0 Å². The lowest BCUT2D eigenvalue weighted by atomic mass is 10.3. The molecule has 2 N–H and O–H groups in total. The van der Waals surface area contributed by atoms with E-state index in [1.807, 2.05) is 25.1 Å². The second-order valence-corrected chi connectivity index (χ2v) is 8.38. The average Bonchev–Trinajstić information content (AvgIpc) is 3.04. The number of nitrogens with one attached hydrogen (secondary N) is 2. The van der Waals surface area contributed by atoms with Crippen molar-refractivity contribution in [3.05, 3.63) is 45.9 Å². The van der Waals surface area contributed by atoms with Crippen molar-refractivity contribution >= 4 is 28.9 Å². The fraction of sp³-hybridized carbons (Fsp3) is 0.476. The van der Waals surface area contributed by atoms with Crippen molar-refractivity contribution in [2.45, 2.75) is 26.8 Å². The maximum atomic E-state index is 11.9. The molecule has 158 valence electrons. The number of nitrogens with zero attached hydrogens (tertiary/aromatic N) is 4. The summed E-state index contributed by atoms with van der Waals surface area (Å²) in [6.45, 7) is 6.47. The molecule has 0 aliphatic rings. The normalized spacial score (nSPS) is 11.3. The van der Waals surface area contributed by atoms with Crippen LogP contribution in [0.3, 0.4) is 0 Å². The van der Waals surface area contributed by atoms with E-state index in [2.05, 4.69) is 51.6 Å². The van der Waals surface area contributed by atoms with Crippen molar-refractivity contribution in [2.75, 3.05) is 45.7 Å². The standard InChI is InChI=1S/C21H32N6OS/c1-16-17(2)29-19(25-16)14-23-21(24-15-20(28)26(3)4)22-12-9-13-27(5)18-10-7-6-8-11-18/h6-8,10-11H,9,12-15H2,1-5H3,(H2,22,23,24). The predicted molar refractivity (Wildman–Crippen MR) is 122 cm³/mol. The molecule has 2 rings (SSSR count). The van der Waals surface area contributed by atoms with Crippen LogP contribution >= 0.6 is 11.3 Å². The number of carbonyl (C=O) groups is 1. The van der Waals surface area contributed by atoms with Gasteiger partial charge in [-0.1, -0.05) is 18.2 Å². The van der Waals surface area contributed by atoms with Crippen LogP contribution in [-0.4, -0.2) is 62.5 Å². The predicted octanol–water partition coefficient (Wildman–Crippen LogP) is 2.41. The Labute approximate surface area is 177 Å². The number of anilines is 1. The largest absolute Gasteiger partial charge is 0.375 e. The van der Waals surface area contributed by atoms with Crippen LogP contribution in [0.15, 0.2) is 35.3 Å². The molecule has 0 aliphatic heterocycles. The number of rotatable bonds is 9. The monoisotopic (exact) mass is 416 g/mol. The second kappa shape index (κ2) is 11.4. The molecule has 29 heavy (non-hydrogen) atoms. The maximum Gasteiger partial charge on any atom is 0.243 e. The van der Waals surface area contributed by atoms with Crippen LogP contribution in [0, 0.1) is 13.8 Å². The molecule has 2 aromatic rings. The van der Waals surface area contributed by atoms with Crippen molar-refractivity contribution in [1.82, 2.24) is 20.5 Å². The first kappa shape index (κ1) is 22.7. The third-order valence-corrected chi connectivity index (χ3v) is 5.58. The molecule has 0 unspecified atom stereocenters. The number of thiazole rings is 1. The van der Waals surface area contributed by atoms with Crippen LogP contribution in [0.5, 0.6) is 0 Å². The van der Waals surface area contributed by atoms with E-state index in [-0.39, 0.29) is 12.5 Å². The maximum absolute atomic E-state index is 11.9. The second-order valence-electron chi connectivity index (χ2n) is 7.09. The van der Waals surface area contributed by atoms with E-state index in [0.29, 0.717) is 12.5 Å². The van der Waals surface area contributed by atoms with E-state index in [0.717, 1.165) is 30.2 Å². The number of hydrogen-bond donors (Lipinski definition) is 2. The lowest BCUT2D eigenvalue weighted by Gasteiger charge is -2.19. The molecule has 0 aliphatic carbocycles. The van der Waals surface area contributed by atoms with Gasteiger partial charge in [-0.3, -0.25) is 4.79 Å². The zero-order valence-corrected chi connectivity index (χ0v) is 18.8. The lowest BCUT2D eigenvalue weighted by Crippen LogP contribution is -2.39. The molecule has 0 atom stereocenters. The van der Waals surface area contributed by atoms with E-state index in [9.17, 15) is 4.79 Å². The molecule has 0 spiro atoms. The molecule has 0 radical (unpaired) electrons. The van der Waals surface area contributed by atoms with Gasteiger partial charge in [0.05, 0.1) is 12.2 Å². The van der Waals surface area contributed by atoms with E-state index in [1.165, 1.54) is 10.6 Å². The Balaban J connectivity index is 1.86. The minimum atomic E-state index is -0.0316. The molecule has 8 heteroatoms. The summed E-state index contributed by atoms with van der Waals surface area (Å²) in [6.07, 6.45) is 0.948. The number of guanidine groups is 1. The number of benzene rings is 1. The van der Waals surface area contributed by atoms with Crippen LogP contribution in [0.25, 0.3) is 0 Å². The number of carbonyl (C=O) groups excluding carboxylic acids is 1. The molecular formula is C21H32N6OS. The molecule has 0 saturated heterocycles. The van der Waals surface area contributed by atoms with Crippen molar-refractivity contribution in [3.8, 4) is 0 Å². The molecule has 1 aromatic carbocycles. The fourth-order valence-electron chi connectivity index (χ4n) is 2.57. The molecule has 0 fully saturated rings. The quantitative estimate of drug-likeness (QED) is 0.373. The number of aryl methyl sites for hydroxylation is 2. The highest BCUT2D eigenvalue weighted by molar-refractivity contribution is 7.11. The van der Waals surface area contributed by atoms with Gasteiger partial charge in [0.1, 0.15) is 11.6 Å². The summed E-state index contributed by atoms with van der Waals surface area (Å²) < 4.78 is 0. The molecular weight excluding hydrogens is 384 g/mol. The number of likely N-dealkylation sites (N-methyl/N-ethyl adjacent to an activating group) is 1. The topological polar surface area (TPSA) is 72.9 Å². The first-order chi connectivity index (χ1) is 13.9. The molecule has 1 aromatic heterocycles. The zero-order valence-electron chi connectivity index (χ0n) is 18.0. The highest BCUT2D eigenvalue weighted by Gasteiger charge is 2.07. The van der Waals surface area contributed by atoms with E-state index in [1.54, 1.807) is 30.3 Å². The Morgan fingerprint density at radius 2 is 1.86 bits per heavy atom. The molecule has 1 heterocycles. The minimum absolute atomic E-state index is 0.0316. The van der Waals surface area contributed by atoms with Gasteiger partial charge in [0.15, 0.2) is 5.96 Å². The summed E-state index contributed by atoms with van der Waals surface area (Å²) in [5.41, 5.74) is 2.26. The molecule has 0 bridgehead atoms. The SMILES string of the molecule is Cc1nc(CNC(=NCC(=O)N(C)C)NCCCN(C)c2ccccc2)sc1C. The Morgan fingerprint density at radius 3 is 2.48 bits per heavy atom. The number of para-hydroxylation sites is 1. The number of aliphatic imine (C=N–C) groups is 1. The smallest absolute Gasteiger partial charge is 0.243 e. The summed E-state index contributed by atoms with van der Waals surface area (Å²) in [5.74, 6) is 0.601. The molecule has 1 amide bonds. The van der Waals surface area contributed by atoms with Gasteiger partial charge in [0.25, 0.3) is 0 Å². The molecule has 0 saturated carbocycles. The zero-order chi connectivity index (χ0) is 21.2. The van der Waals surface area contributed by atoms with Crippen LogP contribution in [0.1, 0.15) is 22.0 Å². The van der Waals surface area contributed by atoms with Crippen molar-refractivity contribution in [1.29, 1.82) is 0 Å². The summed E-state index contributed by atoms with van der Waals surface area (Å²) in [4.78, 5) is 25.9. The first-order valence-electron chi connectivity index (χ1n) is 9.78. The summed E-state index contributed by atoms with van der Waals surface area (Å²) in [7, 11) is 5.56. The van der Waals surface area contributed by atoms with Crippen molar-refractivity contribution < 1.29 is 4.79 Å². The number of hydrogen-bond acceptors (Lipinski definition) is 5. The third kappa shape index (κ3) is 7.73. The summed E-state index contributed by atoms with van der Waals surface area (Å²) in [5, 5.41) is 7.64. The molecule has 7 nitrogen and oxygen atoms in total. The van der Waals surface area contributed by atoms with Crippen LogP contribution in [-0.2, 0) is 11.3 Å². The van der Waals surface area contributed by atoms with Gasteiger partial charge in [0.2, 0.25) is 5.91 Å². The third-order valence-electron chi connectivity index (χ3n) is 4.51. The van der Waals surface area contributed by atoms with E-state index in [4.69, 9.17) is 0 Å². The summed E-state index contributed by atoms with van der Waals surface area (Å²) in [6, 6.07) is 10.3. The Morgan fingerprint density at radius 1 is 1.14 bits per heavy atom. The van der Waals surface area contributed by atoms with Gasteiger partial charge in [-0.05, 0) is 32.4 Å². The van der Waals surface area contributed by atoms with Gasteiger partial charge in [-0.15, -0.1) is 11.3 Å². The Bertz CT molecular complexity index is 783. The van der Waals surface area contributed by atoms with Crippen LogP contribution in [0.4, 0.5) is 5.69 Å². The van der Waals surface area contributed by atoms with Gasteiger partial charge in [0, 0.05) is 44.8 Å². The minimum Gasteiger partial charge on any atom is -0.375 e. The Hall–Kier alpha value is -2.61. The highest BCUT2D eigenvalue weighted by Crippen LogP contribution is 2.15. The summed E-state index contributed by atoms with van der Waals surface area (Å²) >= 11 is 1.68. The first-order valence-corrected chi connectivity index (χ1v) is 10.6. The van der Waals surface area contributed by atoms with Gasteiger partial charge < -0.3 is 20.4 Å². The van der Waals surface area contributed by atoms with E-state index < -0.39 is 0 Å². The fourth-order valence-corrected chi connectivity index (χ4v) is 3.44.